The van der Waals surface area contributed by atoms with E-state index < -0.39 is 23.9 Å². The predicted octanol–water partition coefficient (Wildman–Crippen LogP) is 2.06. The average Bonchev–Trinajstić information content (AvgIpc) is 2.39. The summed E-state index contributed by atoms with van der Waals surface area (Å²) in [6, 6.07) is 9.04. The lowest BCUT2D eigenvalue weighted by molar-refractivity contribution is 0.599. The molecule has 0 bridgehead atoms. The molecule has 104 valence electrons. The summed E-state index contributed by atoms with van der Waals surface area (Å²) in [5, 5.41) is 0.664. The molecule has 1 aromatic carbocycles. The summed E-state index contributed by atoms with van der Waals surface area (Å²) in [7, 11) is -7.76. The summed E-state index contributed by atoms with van der Waals surface area (Å²) < 4.78 is 46.6. The van der Waals surface area contributed by atoms with Crippen LogP contribution in [0, 0.1) is 0 Å². The number of hydrogen-bond donors (Lipinski definition) is 0. The van der Waals surface area contributed by atoms with Crippen molar-refractivity contribution in [3.05, 3.63) is 58.2 Å². The molecule has 0 spiro atoms. The number of sulfone groups is 2. The quantitative estimate of drug-likeness (QED) is 0.806. The van der Waals surface area contributed by atoms with E-state index in [9.17, 15) is 16.8 Å². The van der Waals surface area contributed by atoms with E-state index in [-0.39, 0.29) is 12.2 Å². The minimum atomic E-state index is -3.96. The van der Waals surface area contributed by atoms with Crippen LogP contribution in [0.2, 0.25) is 0 Å². The maximum absolute atomic E-state index is 11.8. The Balaban J connectivity index is 3.23. The predicted molar refractivity (Wildman–Crippen MR) is 76.8 cm³/mol. The van der Waals surface area contributed by atoms with Gasteiger partial charge in [-0.05, 0) is 18.1 Å². The van der Waals surface area contributed by atoms with E-state index >= 15 is 0 Å². The highest BCUT2D eigenvalue weighted by molar-refractivity contribution is 8.15. The van der Waals surface area contributed by atoms with Gasteiger partial charge in [-0.3, -0.25) is 0 Å². The molecule has 1 rings (SSSR count). The Labute approximate surface area is 114 Å². The van der Waals surface area contributed by atoms with Crippen LogP contribution in [0.5, 0.6) is 0 Å². The molecule has 0 aliphatic carbocycles. The van der Waals surface area contributed by atoms with Crippen LogP contribution in [0.4, 0.5) is 0 Å². The molecule has 6 heteroatoms. The van der Waals surface area contributed by atoms with Gasteiger partial charge in [0.25, 0.3) is 0 Å². The fraction of sp³-hybridized carbons (Fsp3) is 0.231. The highest BCUT2D eigenvalue weighted by Gasteiger charge is 2.26. The molecule has 0 heterocycles. The second-order valence-corrected chi connectivity index (χ2v) is 8.20. The third kappa shape index (κ3) is 4.04. The second-order valence-electron chi connectivity index (χ2n) is 3.83. The van der Waals surface area contributed by atoms with Crippen molar-refractivity contribution in [1.82, 2.24) is 0 Å². The SMILES string of the molecule is C=CS(=O)(=O)C(=CCc1ccccc1)S(=O)(=O)CC. The lowest BCUT2D eigenvalue weighted by Gasteiger charge is -2.05. The maximum Gasteiger partial charge on any atom is 0.209 e. The first kappa shape index (κ1) is 15.7. The number of allylic oxidation sites excluding steroid dienone is 1. The van der Waals surface area contributed by atoms with Crippen LogP contribution in [-0.4, -0.2) is 22.6 Å². The zero-order chi connectivity index (χ0) is 14.5. The summed E-state index contributed by atoms with van der Waals surface area (Å²) in [4.78, 5) is 0. The first-order valence-corrected chi connectivity index (χ1v) is 8.87. The number of benzene rings is 1. The number of rotatable bonds is 6. The van der Waals surface area contributed by atoms with Crippen LogP contribution in [0.15, 0.2) is 52.6 Å². The standard InChI is InChI=1S/C13H16O4S2/c1-3-18(14,15)13(19(16,17)4-2)11-10-12-8-6-5-7-9-12/h3,5-9,11H,1,4,10H2,2H3. The summed E-state index contributed by atoms with van der Waals surface area (Å²) in [6.07, 6.45) is 1.47. The maximum atomic E-state index is 11.8. The van der Waals surface area contributed by atoms with Crippen LogP contribution >= 0.6 is 0 Å². The van der Waals surface area contributed by atoms with Crippen molar-refractivity contribution in [2.45, 2.75) is 13.3 Å². The second kappa shape index (κ2) is 6.16. The average molecular weight is 300 g/mol. The summed E-state index contributed by atoms with van der Waals surface area (Å²) >= 11 is 0. The minimum absolute atomic E-state index is 0.239. The molecule has 0 aliphatic rings. The van der Waals surface area contributed by atoms with Crippen molar-refractivity contribution in [3.8, 4) is 0 Å². The molecule has 4 nitrogen and oxygen atoms in total. The zero-order valence-corrected chi connectivity index (χ0v) is 12.2. The largest absolute Gasteiger partial charge is 0.223 e. The molecule has 0 fully saturated rings. The Bertz CT molecular complexity index is 669. The van der Waals surface area contributed by atoms with Gasteiger partial charge in [-0.15, -0.1) is 0 Å². The summed E-state index contributed by atoms with van der Waals surface area (Å²) in [5.41, 5.74) is 0.838. The van der Waals surface area contributed by atoms with Gasteiger partial charge < -0.3 is 0 Å². The van der Waals surface area contributed by atoms with E-state index in [4.69, 9.17) is 0 Å². The Hall–Kier alpha value is -1.40. The van der Waals surface area contributed by atoms with Gasteiger partial charge in [-0.25, -0.2) is 16.8 Å². The molecule has 0 N–H and O–H groups in total. The van der Waals surface area contributed by atoms with E-state index in [2.05, 4.69) is 6.58 Å². The van der Waals surface area contributed by atoms with Crippen LogP contribution in [0.25, 0.3) is 0 Å². The van der Waals surface area contributed by atoms with E-state index in [1.54, 1.807) is 24.3 Å². The molecule has 0 amide bonds. The third-order valence-corrected chi connectivity index (χ3v) is 6.70. The Morgan fingerprint density at radius 3 is 2.21 bits per heavy atom. The molecule has 0 atom stereocenters. The lowest BCUT2D eigenvalue weighted by atomic mass is 10.2. The molecule has 0 aromatic heterocycles. The van der Waals surface area contributed by atoms with E-state index in [1.165, 1.54) is 13.0 Å². The van der Waals surface area contributed by atoms with Crippen molar-refractivity contribution < 1.29 is 16.8 Å². The van der Waals surface area contributed by atoms with E-state index in [0.717, 1.165) is 5.56 Å². The van der Waals surface area contributed by atoms with Crippen molar-refractivity contribution in [2.24, 2.45) is 0 Å². The fourth-order valence-electron chi connectivity index (χ4n) is 1.46. The molecule has 0 radical (unpaired) electrons. The van der Waals surface area contributed by atoms with Crippen LogP contribution < -0.4 is 0 Å². The van der Waals surface area contributed by atoms with Gasteiger partial charge in [-0.2, -0.15) is 0 Å². The smallest absolute Gasteiger partial charge is 0.209 e. The Kier molecular flexibility index (Phi) is 5.08. The van der Waals surface area contributed by atoms with Crippen molar-refractivity contribution in [1.29, 1.82) is 0 Å². The Morgan fingerprint density at radius 2 is 1.74 bits per heavy atom. The van der Waals surface area contributed by atoms with Gasteiger partial charge in [0.15, 0.2) is 14.1 Å². The lowest BCUT2D eigenvalue weighted by Crippen LogP contribution is -2.14. The third-order valence-electron chi connectivity index (χ3n) is 2.53. The molecule has 1 aromatic rings. The zero-order valence-electron chi connectivity index (χ0n) is 10.6. The monoisotopic (exact) mass is 300 g/mol. The van der Waals surface area contributed by atoms with Crippen molar-refractivity contribution in [3.63, 3.8) is 0 Å². The van der Waals surface area contributed by atoms with Crippen LogP contribution in [0.3, 0.4) is 0 Å². The molecule has 0 saturated heterocycles. The highest BCUT2D eigenvalue weighted by atomic mass is 32.3. The first-order valence-electron chi connectivity index (χ1n) is 5.68. The first-order chi connectivity index (χ1) is 8.83. The molecular formula is C13H16O4S2. The normalized spacial score (nSPS) is 13.2. The van der Waals surface area contributed by atoms with Gasteiger partial charge in [0.1, 0.15) is 0 Å². The van der Waals surface area contributed by atoms with E-state index in [1.807, 2.05) is 6.07 Å². The van der Waals surface area contributed by atoms with Crippen LogP contribution in [-0.2, 0) is 26.1 Å². The molecule has 19 heavy (non-hydrogen) atoms. The van der Waals surface area contributed by atoms with Crippen LogP contribution in [0.1, 0.15) is 12.5 Å². The highest BCUT2D eigenvalue weighted by Crippen LogP contribution is 2.18. The number of hydrogen-bond acceptors (Lipinski definition) is 4. The van der Waals surface area contributed by atoms with Gasteiger partial charge in [0.05, 0.1) is 5.75 Å². The molecule has 0 unspecified atom stereocenters. The molecule has 0 saturated carbocycles. The topological polar surface area (TPSA) is 68.3 Å². The molecule has 0 aliphatic heterocycles. The van der Waals surface area contributed by atoms with Gasteiger partial charge >= 0.3 is 0 Å². The molecular weight excluding hydrogens is 284 g/mol. The van der Waals surface area contributed by atoms with Crippen molar-refractivity contribution in [2.75, 3.05) is 5.75 Å². The Morgan fingerprint density at radius 1 is 1.16 bits per heavy atom. The summed E-state index contributed by atoms with van der Waals surface area (Å²) in [6.45, 7) is 4.57. The van der Waals surface area contributed by atoms with Gasteiger partial charge in [-0.1, -0.05) is 43.8 Å². The minimum Gasteiger partial charge on any atom is -0.223 e. The van der Waals surface area contributed by atoms with E-state index in [0.29, 0.717) is 5.41 Å². The van der Waals surface area contributed by atoms with Crippen molar-refractivity contribution >= 4 is 19.7 Å². The van der Waals surface area contributed by atoms with Gasteiger partial charge in [0.2, 0.25) is 9.84 Å². The fourth-order valence-corrected chi connectivity index (χ4v) is 4.53. The summed E-state index contributed by atoms with van der Waals surface area (Å²) in [5.74, 6) is -0.263. The van der Waals surface area contributed by atoms with Gasteiger partial charge in [0, 0.05) is 5.41 Å².